The molecule has 0 bridgehead atoms. The minimum absolute atomic E-state index is 0.119. The van der Waals surface area contributed by atoms with E-state index in [4.69, 9.17) is 0 Å². The molecule has 2 aromatic carbocycles. The normalized spacial score (nSPS) is 15.6. The van der Waals surface area contributed by atoms with Crippen LogP contribution in [0.2, 0.25) is 0 Å². The molecule has 0 aliphatic carbocycles. The third-order valence-electron chi connectivity index (χ3n) is 6.16. The van der Waals surface area contributed by atoms with Crippen LogP contribution in [-0.4, -0.2) is 44.2 Å². The van der Waals surface area contributed by atoms with E-state index in [0.717, 1.165) is 18.2 Å². The number of carbonyl (C=O) groups excluding carboxylic acids is 2. The largest absolute Gasteiger partial charge is 0.338 e. The Balaban J connectivity index is 1.40. The molecule has 184 valence electrons. The number of benzene rings is 2. The van der Waals surface area contributed by atoms with Gasteiger partial charge in [0.1, 0.15) is 23.0 Å². The summed E-state index contributed by atoms with van der Waals surface area (Å²) in [6.07, 6.45) is 6.07. The van der Waals surface area contributed by atoms with Crippen LogP contribution in [0.3, 0.4) is 0 Å². The number of aromatic nitrogens is 3. The van der Waals surface area contributed by atoms with Crippen molar-refractivity contribution in [1.29, 1.82) is 0 Å². The lowest BCUT2D eigenvalue weighted by molar-refractivity contribution is -0.121. The lowest BCUT2D eigenvalue weighted by atomic mass is 9.96. The number of amides is 2. The van der Waals surface area contributed by atoms with Crippen LogP contribution >= 0.6 is 0 Å². The molecule has 2 aromatic heterocycles. The van der Waals surface area contributed by atoms with Gasteiger partial charge in [0.05, 0.1) is 23.5 Å². The van der Waals surface area contributed by atoms with Gasteiger partial charge in [-0.05, 0) is 61.4 Å². The number of carbonyl (C=O) groups is 2. The Kier molecular flexibility index (Phi) is 6.32. The van der Waals surface area contributed by atoms with Crippen LogP contribution in [0.25, 0.3) is 11.5 Å². The molecule has 7 nitrogen and oxygen atoms in total. The first-order chi connectivity index (χ1) is 17.4. The van der Waals surface area contributed by atoms with E-state index in [9.17, 15) is 22.8 Å². The summed E-state index contributed by atoms with van der Waals surface area (Å²) in [7, 11) is 0. The molecule has 4 aromatic rings. The fourth-order valence-corrected chi connectivity index (χ4v) is 4.36. The van der Waals surface area contributed by atoms with E-state index in [1.165, 1.54) is 18.3 Å². The van der Waals surface area contributed by atoms with Crippen molar-refractivity contribution in [2.45, 2.75) is 12.8 Å². The van der Waals surface area contributed by atoms with Gasteiger partial charge in [-0.25, -0.2) is 17.9 Å². The Hall–Kier alpha value is -4.34. The number of halogens is 3. The highest BCUT2D eigenvalue weighted by molar-refractivity contribution is 5.98. The molecule has 0 saturated carbocycles. The average molecular weight is 493 g/mol. The molecule has 1 atom stereocenters. The standard InChI is InChI=1S/C26H22F3N5O2/c27-18-5-8-20(9-6-18)34-25(32-11-1-2-12-32)21(15-30-34)26(36)33-13-3-4-17(16-33)24(35)31-23-14-19(28)7-10-22(23)29/h1-2,5-12,14-15,17H,3-4,13,16H2,(H,31,35)/t17-/m1/s1. The Bertz CT molecular complexity index is 1400. The highest BCUT2D eigenvalue weighted by atomic mass is 19.1. The van der Waals surface area contributed by atoms with Crippen molar-refractivity contribution in [2.75, 3.05) is 18.4 Å². The predicted octanol–water partition coefficient (Wildman–Crippen LogP) is 4.57. The second kappa shape index (κ2) is 9.73. The third kappa shape index (κ3) is 4.61. The fourth-order valence-electron chi connectivity index (χ4n) is 4.36. The summed E-state index contributed by atoms with van der Waals surface area (Å²) >= 11 is 0. The van der Waals surface area contributed by atoms with Crippen molar-refractivity contribution in [3.63, 3.8) is 0 Å². The third-order valence-corrected chi connectivity index (χ3v) is 6.16. The number of anilines is 1. The second-order valence-electron chi connectivity index (χ2n) is 8.56. The summed E-state index contributed by atoms with van der Waals surface area (Å²) in [6, 6.07) is 12.2. The van der Waals surface area contributed by atoms with Gasteiger partial charge in [0.2, 0.25) is 5.91 Å². The quantitative estimate of drug-likeness (QED) is 0.443. The highest BCUT2D eigenvalue weighted by Crippen LogP contribution is 2.26. The highest BCUT2D eigenvalue weighted by Gasteiger charge is 2.32. The number of nitrogens with one attached hydrogen (secondary N) is 1. The minimum atomic E-state index is -0.738. The van der Waals surface area contributed by atoms with Gasteiger partial charge < -0.3 is 14.8 Å². The predicted molar refractivity (Wildman–Crippen MR) is 126 cm³/mol. The maximum atomic E-state index is 14.0. The average Bonchev–Trinajstić information content (AvgIpc) is 3.56. The van der Waals surface area contributed by atoms with Gasteiger partial charge in [0.15, 0.2) is 5.82 Å². The van der Waals surface area contributed by atoms with Gasteiger partial charge in [-0.1, -0.05) is 0 Å². The molecule has 1 N–H and O–H groups in total. The van der Waals surface area contributed by atoms with Crippen LogP contribution < -0.4 is 5.32 Å². The Labute approximate surface area is 204 Å². The molecule has 3 heterocycles. The number of nitrogens with zero attached hydrogens (tertiary/aromatic N) is 4. The van der Waals surface area contributed by atoms with Gasteiger partial charge in [0, 0.05) is 31.5 Å². The van der Waals surface area contributed by atoms with E-state index in [0.29, 0.717) is 36.5 Å². The zero-order valence-electron chi connectivity index (χ0n) is 19.1. The van der Waals surface area contributed by atoms with E-state index in [-0.39, 0.29) is 24.0 Å². The molecule has 1 aliphatic heterocycles. The van der Waals surface area contributed by atoms with Crippen molar-refractivity contribution in [1.82, 2.24) is 19.2 Å². The van der Waals surface area contributed by atoms with Crippen LogP contribution in [0.1, 0.15) is 23.2 Å². The number of likely N-dealkylation sites (tertiary alicyclic amines) is 1. The maximum absolute atomic E-state index is 14.0. The van der Waals surface area contributed by atoms with E-state index in [1.54, 1.807) is 38.7 Å². The summed E-state index contributed by atoms with van der Waals surface area (Å²) in [4.78, 5) is 28.0. The molecule has 5 rings (SSSR count). The van der Waals surface area contributed by atoms with Crippen LogP contribution in [0.15, 0.2) is 73.2 Å². The first kappa shape index (κ1) is 23.4. The van der Waals surface area contributed by atoms with Gasteiger partial charge in [-0.2, -0.15) is 5.10 Å². The van der Waals surface area contributed by atoms with E-state index >= 15 is 0 Å². The van der Waals surface area contributed by atoms with E-state index in [1.807, 2.05) is 12.1 Å². The van der Waals surface area contributed by atoms with Crippen molar-refractivity contribution < 1.29 is 22.8 Å². The molecule has 1 saturated heterocycles. The van der Waals surface area contributed by atoms with Crippen molar-refractivity contribution >= 4 is 17.5 Å². The van der Waals surface area contributed by atoms with Gasteiger partial charge in [0.25, 0.3) is 5.91 Å². The molecule has 36 heavy (non-hydrogen) atoms. The summed E-state index contributed by atoms with van der Waals surface area (Å²) in [5.41, 5.74) is 0.652. The second-order valence-corrected chi connectivity index (χ2v) is 8.56. The van der Waals surface area contributed by atoms with Gasteiger partial charge in [-0.15, -0.1) is 0 Å². The van der Waals surface area contributed by atoms with Crippen molar-refractivity contribution in [2.24, 2.45) is 5.92 Å². The smallest absolute Gasteiger partial charge is 0.259 e. The molecule has 0 radical (unpaired) electrons. The number of rotatable bonds is 5. The molecular weight excluding hydrogens is 471 g/mol. The number of piperidine rings is 1. The molecule has 10 heteroatoms. The van der Waals surface area contributed by atoms with Crippen LogP contribution in [0, 0.1) is 23.4 Å². The molecule has 1 fully saturated rings. The molecule has 0 unspecified atom stereocenters. The lowest BCUT2D eigenvalue weighted by Crippen LogP contribution is -2.44. The first-order valence-electron chi connectivity index (χ1n) is 11.4. The van der Waals surface area contributed by atoms with E-state index < -0.39 is 23.5 Å². The lowest BCUT2D eigenvalue weighted by Gasteiger charge is -2.32. The summed E-state index contributed by atoms with van der Waals surface area (Å²) in [5, 5.41) is 6.83. The molecule has 2 amide bonds. The minimum Gasteiger partial charge on any atom is -0.338 e. The van der Waals surface area contributed by atoms with Crippen LogP contribution in [0.5, 0.6) is 0 Å². The van der Waals surface area contributed by atoms with Gasteiger partial charge in [-0.3, -0.25) is 9.59 Å². The van der Waals surface area contributed by atoms with Crippen molar-refractivity contribution in [3.05, 3.63) is 96.2 Å². The van der Waals surface area contributed by atoms with Crippen LogP contribution in [-0.2, 0) is 4.79 Å². The van der Waals surface area contributed by atoms with Crippen molar-refractivity contribution in [3.8, 4) is 11.5 Å². The Morgan fingerprint density at radius 1 is 0.972 bits per heavy atom. The van der Waals surface area contributed by atoms with E-state index in [2.05, 4.69) is 10.4 Å². The Morgan fingerprint density at radius 3 is 2.44 bits per heavy atom. The zero-order chi connectivity index (χ0) is 25.2. The van der Waals surface area contributed by atoms with Gasteiger partial charge >= 0.3 is 0 Å². The maximum Gasteiger partial charge on any atom is 0.259 e. The Morgan fingerprint density at radius 2 is 1.69 bits per heavy atom. The first-order valence-corrected chi connectivity index (χ1v) is 11.4. The zero-order valence-corrected chi connectivity index (χ0v) is 19.1. The SMILES string of the molecule is O=C(Nc1cc(F)ccc1F)[C@@H]1CCCN(C(=O)c2cnn(-c3ccc(F)cc3)c2-n2cccc2)C1. The summed E-state index contributed by atoms with van der Waals surface area (Å²) < 4.78 is 44.2. The number of hydrogen-bond donors (Lipinski definition) is 1. The summed E-state index contributed by atoms with van der Waals surface area (Å²) in [5.74, 6) is -2.70. The topological polar surface area (TPSA) is 72.2 Å². The summed E-state index contributed by atoms with van der Waals surface area (Å²) in [6.45, 7) is 0.554. The monoisotopic (exact) mass is 493 g/mol. The molecular formula is C26H22F3N5O2. The molecule has 1 aliphatic rings. The fraction of sp³-hybridized carbons (Fsp3) is 0.192. The molecule has 0 spiro atoms. The number of hydrogen-bond acceptors (Lipinski definition) is 3. The van der Waals surface area contributed by atoms with Crippen LogP contribution in [0.4, 0.5) is 18.9 Å².